The Bertz CT molecular complexity index is 150. The van der Waals surface area contributed by atoms with Crippen molar-refractivity contribution >= 4 is 0 Å². The van der Waals surface area contributed by atoms with Crippen molar-refractivity contribution in [3.8, 4) is 0 Å². The first-order valence-electron chi connectivity index (χ1n) is 3.98. The number of nitrogens with two attached hydrogens (primary N) is 1. The van der Waals surface area contributed by atoms with Gasteiger partial charge in [-0.3, -0.25) is 0 Å². The molecule has 1 saturated carbocycles. The van der Waals surface area contributed by atoms with Crippen LogP contribution in [0.2, 0.25) is 0 Å². The fourth-order valence-electron chi connectivity index (χ4n) is 1.55. The quantitative estimate of drug-likeness (QED) is 0.302. The third kappa shape index (κ3) is 1.60. The maximum absolute atomic E-state index is 9.30. The molecular formula is C7H15NO4. The molecule has 5 atom stereocenters. The summed E-state index contributed by atoms with van der Waals surface area (Å²) in [4.78, 5) is 0. The lowest BCUT2D eigenvalue weighted by molar-refractivity contribution is -0.125. The Hall–Kier alpha value is -0.200. The number of aliphatic hydroxyl groups is 4. The molecule has 0 radical (unpaired) electrons. The van der Waals surface area contributed by atoms with Crippen LogP contribution in [0, 0.1) is 5.92 Å². The zero-order valence-corrected chi connectivity index (χ0v) is 6.67. The molecule has 12 heavy (non-hydrogen) atoms. The van der Waals surface area contributed by atoms with Gasteiger partial charge in [-0.15, -0.1) is 0 Å². The molecule has 0 aliphatic heterocycles. The van der Waals surface area contributed by atoms with Crippen molar-refractivity contribution in [1.82, 2.24) is 0 Å². The average Bonchev–Trinajstić information content (AvgIpc) is 2.08. The predicted octanol–water partition coefficient (Wildman–Crippen LogP) is -2.59. The van der Waals surface area contributed by atoms with E-state index < -0.39 is 30.3 Å². The van der Waals surface area contributed by atoms with E-state index in [9.17, 15) is 15.3 Å². The fourth-order valence-corrected chi connectivity index (χ4v) is 1.55. The first kappa shape index (κ1) is 9.88. The van der Waals surface area contributed by atoms with Gasteiger partial charge in [0, 0.05) is 18.6 Å². The minimum atomic E-state index is -1.24. The summed E-state index contributed by atoms with van der Waals surface area (Å²) in [6.45, 7) is -0.224. The van der Waals surface area contributed by atoms with Crippen LogP contribution in [0.15, 0.2) is 0 Å². The Morgan fingerprint density at radius 3 is 2.17 bits per heavy atom. The largest absolute Gasteiger partial charge is 0.396 e. The van der Waals surface area contributed by atoms with Gasteiger partial charge in [0.05, 0.1) is 12.2 Å². The van der Waals surface area contributed by atoms with Crippen molar-refractivity contribution in [2.75, 3.05) is 6.61 Å². The van der Waals surface area contributed by atoms with Crippen LogP contribution in [0.1, 0.15) is 6.42 Å². The highest BCUT2D eigenvalue weighted by molar-refractivity contribution is 4.94. The highest BCUT2D eigenvalue weighted by Gasteiger charge is 2.40. The van der Waals surface area contributed by atoms with Crippen molar-refractivity contribution in [2.45, 2.75) is 30.8 Å². The van der Waals surface area contributed by atoms with E-state index in [0.717, 1.165) is 0 Å². The van der Waals surface area contributed by atoms with E-state index in [0.29, 0.717) is 6.42 Å². The summed E-state index contributed by atoms with van der Waals surface area (Å²) in [6.07, 6.45) is -3.09. The molecule has 1 rings (SSSR count). The number of rotatable bonds is 1. The van der Waals surface area contributed by atoms with Crippen LogP contribution in [0.5, 0.6) is 0 Å². The molecule has 72 valence electrons. The van der Waals surface area contributed by atoms with Crippen LogP contribution >= 0.6 is 0 Å². The number of hydrogen-bond donors (Lipinski definition) is 5. The lowest BCUT2D eigenvalue weighted by Gasteiger charge is -2.38. The fraction of sp³-hybridized carbons (Fsp3) is 1.00. The van der Waals surface area contributed by atoms with Crippen molar-refractivity contribution in [3.05, 3.63) is 0 Å². The summed E-state index contributed by atoms with van der Waals surface area (Å²) in [5, 5.41) is 36.5. The van der Waals surface area contributed by atoms with E-state index in [4.69, 9.17) is 10.8 Å². The molecule has 2 unspecified atom stereocenters. The van der Waals surface area contributed by atoms with Gasteiger partial charge in [-0.2, -0.15) is 0 Å². The summed E-state index contributed by atoms with van der Waals surface area (Å²) >= 11 is 0. The molecule has 5 heteroatoms. The standard InChI is InChI=1S/C7H15NO4/c8-4-1-3(2-9)5(10)7(12)6(4)11/h3-7,9-12H,1-2,8H2/t3?,4?,5-,6+,7+/m1/s1. The summed E-state index contributed by atoms with van der Waals surface area (Å²) in [6, 6.07) is -0.569. The molecule has 0 aromatic rings. The Kier molecular flexibility index (Phi) is 3.03. The summed E-state index contributed by atoms with van der Waals surface area (Å²) in [7, 11) is 0. The van der Waals surface area contributed by atoms with Gasteiger partial charge in [-0.1, -0.05) is 0 Å². The number of aliphatic hydroxyl groups excluding tert-OH is 4. The second-order valence-electron chi connectivity index (χ2n) is 3.31. The van der Waals surface area contributed by atoms with Crippen LogP contribution in [0.4, 0.5) is 0 Å². The first-order valence-corrected chi connectivity index (χ1v) is 3.98. The van der Waals surface area contributed by atoms with Gasteiger partial charge in [0.15, 0.2) is 0 Å². The second kappa shape index (κ2) is 3.68. The first-order chi connectivity index (χ1) is 5.57. The van der Waals surface area contributed by atoms with Gasteiger partial charge in [0.25, 0.3) is 0 Å². The highest BCUT2D eigenvalue weighted by Crippen LogP contribution is 2.24. The molecular weight excluding hydrogens is 162 g/mol. The smallest absolute Gasteiger partial charge is 0.108 e. The predicted molar refractivity (Wildman–Crippen MR) is 41.2 cm³/mol. The summed E-state index contributed by atoms with van der Waals surface area (Å²) in [5.74, 6) is -0.432. The van der Waals surface area contributed by atoms with Crippen LogP contribution in [0.25, 0.3) is 0 Å². The maximum atomic E-state index is 9.30. The van der Waals surface area contributed by atoms with Crippen LogP contribution < -0.4 is 5.73 Å². The van der Waals surface area contributed by atoms with Gasteiger partial charge in [-0.05, 0) is 6.42 Å². The van der Waals surface area contributed by atoms with Crippen molar-refractivity contribution in [3.63, 3.8) is 0 Å². The van der Waals surface area contributed by atoms with Crippen LogP contribution in [-0.4, -0.2) is 51.4 Å². The normalized spacial score (nSPS) is 49.2. The third-order valence-electron chi connectivity index (χ3n) is 2.43. The minimum absolute atomic E-state index is 0.224. The lowest BCUT2D eigenvalue weighted by atomic mass is 9.80. The summed E-state index contributed by atoms with van der Waals surface area (Å²) in [5.41, 5.74) is 5.46. The maximum Gasteiger partial charge on any atom is 0.108 e. The zero-order chi connectivity index (χ0) is 9.30. The molecule has 1 fully saturated rings. The third-order valence-corrected chi connectivity index (χ3v) is 2.43. The second-order valence-corrected chi connectivity index (χ2v) is 3.31. The van der Waals surface area contributed by atoms with Gasteiger partial charge >= 0.3 is 0 Å². The lowest BCUT2D eigenvalue weighted by Crippen LogP contribution is -2.57. The van der Waals surface area contributed by atoms with E-state index in [1.807, 2.05) is 0 Å². The van der Waals surface area contributed by atoms with Crippen LogP contribution in [0.3, 0.4) is 0 Å². The van der Waals surface area contributed by atoms with E-state index >= 15 is 0 Å². The molecule has 0 aromatic carbocycles. The van der Waals surface area contributed by atoms with Gasteiger partial charge < -0.3 is 26.2 Å². The minimum Gasteiger partial charge on any atom is -0.396 e. The van der Waals surface area contributed by atoms with Gasteiger partial charge in [0.2, 0.25) is 0 Å². The molecule has 5 nitrogen and oxygen atoms in total. The molecule has 0 spiro atoms. The summed E-state index contributed by atoms with van der Waals surface area (Å²) < 4.78 is 0. The molecule has 0 bridgehead atoms. The Morgan fingerprint density at radius 2 is 1.67 bits per heavy atom. The Morgan fingerprint density at radius 1 is 1.08 bits per heavy atom. The molecule has 0 saturated heterocycles. The highest BCUT2D eigenvalue weighted by atomic mass is 16.4. The molecule has 0 heterocycles. The molecule has 1 aliphatic rings. The van der Waals surface area contributed by atoms with E-state index in [2.05, 4.69) is 0 Å². The zero-order valence-electron chi connectivity index (χ0n) is 6.67. The van der Waals surface area contributed by atoms with E-state index in [-0.39, 0.29) is 6.61 Å². The molecule has 0 aromatic heterocycles. The van der Waals surface area contributed by atoms with Crippen molar-refractivity contribution in [2.24, 2.45) is 11.7 Å². The molecule has 1 aliphatic carbocycles. The van der Waals surface area contributed by atoms with Crippen molar-refractivity contribution in [1.29, 1.82) is 0 Å². The van der Waals surface area contributed by atoms with Crippen LogP contribution in [-0.2, 0) is 0 Å². The van der Waals surface area contributed by atoms with Crippen molar-refractivity contribution < 1.29 is 20.4 Å². The van der Waals surface area contributed by atoms with Gasteiger partial charge in [-0.25, -0.2) is 0 Å². The Labute approximate surface area is 70.4 Å². The van der Waals surface area contributed by atoms with E-state index in [1.165, 1.54) is 0 Å². The monoisotopic (exact) mass is 177 g/mol. The Balaban J connectivity index is 2.63. The van der Waals surface area contributed by atoms with Gasteiger partial charge in [0.1, 0.15) is 6.10 Å². The SMILES string of the molecule is NC1CC(CO)[C@@H](O)[C@H](O)[C@H]1O. The molecule has 0 amide bonds. The molecule has 6 N–H and O–H groups in total. The van der Waals surface area contributed by atoms with E-state index in [1.54, 1.807) is 0 Å². The average molecular weight is 177 g/mol. The number of hydrogen-bond acceptors (Lipinski definition) is 5. The topological polar surface area (TPSA) is 107 Å².